The Morgan fingerprint density at radius 3 is 2.93 bits per heavy atom. The van der Waals surface area contributed by atoms with Gasteiger partial charge < -0.3 is 0 Å². The molecular weight excluding hydrogens is 168 g/mol. The lowest BCUT2D eigenvalue weighted by atomic mass is 9.82. The van der Waals surface area contributed by atoms with Gasteiger partial charge in [0.2, 0.25) is 0 Å². The molecule has 2 rings (SSSR count). The second-order valence-corrected chi connectivity index (χ2v) is 3.82. The number of allylic oxidation sites excluding steroid dienone is 4. The maximum atomic E-state index is 3.33. The van der Waals surface area contributed by atoms with Gasteiger partial charge >= 0.3 is 0 Å². The van der Waals surface area contributed by atoms with Crippen molar-refractivity contribution in [1.82, 2.24) is 0 Å². The van der Waals surface area contributed by atoms with E-state index in [1.165, 1.54) is 11.1 Å². The van der Waals surface area contributed by atoms with Crippen LogP contribution in [0, 0.1) is 25.0 Å². The monoisotopic (exact) mass is 182 g/mol. The summed E-state index contributed by atoms with van der Waals surface area (Å²) in [6.45, 7) is 4.36. The molecule has 0 saturated heterocycles. The molecule has 0 nitrogen and oxygen atoms in total. The highest BCUT2D eigenvalue weighted by Gasteiger charge is 2.17. The van der Waals surface area contributed by atoms with Crippen molar-refractivity contribution in [2.75, 3.05) is 0 Å². The quantitative estimate of drug-likeness (QED) is 0.624. The molecule has 70 valence electrons. The fourth-order valence-corrected chi connectivity index (χ4v) is 1.91. The smallest absolute Gasteiger partial charge is 0.00901 e. The normalized spacial score (nSPS) is 25.3. The number of hydrogen-bond acceptors (Lipinski definition) is 0. The average molecular weight is 182 g/mol. The number of aryl methyl sites for hydroxylation is 1. The van der Waals surface area contributed by atoms with Crippen LogP contribution in [0.25, 0.3) is 0 Å². The highest BCUT2D eigenvalue weighted by Crippen LogP contribution is 2.30. The SMILES string of the molecule is Cc1cc[c]cc1C1C=CC=[C]C1C. The van der Waals surface area contributed by atoms with Gasteiger partial charge in [-0.1, -0.05) is 43.4 Å². The predicted molar refractivity (Wildman–Crippen MR) is 58.9 cm³/mol. The van der Waals surface area contributed by atoms with Gasteiger partial charge in [0.15, 0.2) is 0 Å². The second-order valence-electron chi connectivity index (χ2n) is 3.82. The van der Waals surface area contributed by atoms with Crippen LogP contribution in [0.15, 0.2) is 36.4 Å². The average Bonchev–Trinajstić information content (AvgIpc) is 2.20. The third kappa shape index (κ3) is 1.65. The van der Waals surface area contributed by atoms with Crippen LogP contribution in [-0.2, 0) is 0 Å². The standard InChI is InChI=1S/C14H14/c1-11-7-3-5-9-13(11)14-10-6-4-8-12(14)2/h3-5,8-11,13H,1-2H3. The molecule has 1 aromatic rings. The maximum absolute atomic E-state index is 3.33. The van der Waals surface area contributed by atoms with Crippen LogP contribution >= 0.6 is 0 Å². The van der Waals surface area contributed by atoms with E-state index in [2.05, 4.69) is 50.3 Å². The third-order valence-corrected chi connectivity index (χ3v) is 2.80. The van der Waals surface area contributed by atoms with Crippen molar-refractivity contribution in [3.05, 3.63) is 59.7 Å². The van der Waals surface area contributed by atoms with Gasteiger partial charge in [-0.25, -0.2) is 0 Å². The molecule has 2 radical (unpaired) electrons. The molecule has 0 amide bonds. The Morgan fingerprint density at radius 1 is 1.36 bits per heavy atom. The molecule has 1 aliphatic rings. The van der Waals surface area contributed by atoms with Crippen LogP contribution in [0.4, 0.5) is 0 Å². The van der Waals surface area contributed by atoms with E-state index >= 15 is 0 Å². The molecule has 0 aliphatic heterocycles. The minimum atomic E-state index is 0.467. The van der Waals surface area contributed by atoms with E-state index in [1.54, 1.807) is 0 Å². The second kappa shape index (κ2) is 3.83. The summed E-state index contributed by atoms with van der Waals surface area (Å²) < 4.78 is 0. The zero-order valence-electron chi connectivity index (χ0n) is 8.62. The largest absolute Gasteiger partial charge is 0.0764 e. The topological polar surface area (TPSA) is 0 Å². The van der Waals surface area contributed by atoms with E-state index in [4.69, 9.17) is 0 Å². The van der Waals surface area contributed by atoms with Gasteiger partial charge in [0, 0.05) is 5.92 Å². The Morgan fingerprint density at radius 2 is 2.21 bits per heavy atom. The molecule has 0 aromatic heterocycles. The molecule has 14 heavy (non-hydrogen) atoms. The minimum Gasteiger partial charge on any atom is -0.0764 e. The number of benzene rings is 1. The van der Waals surface area contributed by atoms with Crippen LogP contribution in [-0.4, -0.2) is 0 Å². The van der Waals surface area contributed by atoms with E-state index in [0.717, 1.165) is 0 Å². The first-order valence-electron chi connectivity index (χ1n) is 5.01. The van der Waals surface area contributed by atoms with Crippen LogP contribution < -0.4 is 0 Å². The lowest BCUT2D eigenvalue weighted by Gasteiger charge is -2.21. The van der Waals surface area contributed by atoms with E-state index in [1.807, 2.05) is 12.1 Å². The van der Waals surface area contributed by atoms with E-state index in [0.29, 0.717) is 11.8 Å². The first-order chi connectivity index (χ1) is 6.79. The molecule has 0 N–H and O–H groups in total. The van der Waals surface area contributed by atoms with Gasteiger partial charge in [0.25, 0.3) is 0 Å². The Balaban J connectivity index is 2.36. The molecule has 1 aliphatic carbocycles. The molecule has 0 heterocycles. The first kappa shape index (κ1) is 9.26. The van der Waals surface area contributed by atoms with Gasteiger partial charge in [-0.15, -0.1) is 0 Å². The summed E-state index contributed by atoms with van der Waals surface area (Å²) in [5.74, 6) is 0.937. The van der Waals surface area contributed by atoms with Gasteiger partial charge in [0.1, 0.15) is 0 Å². The van der Waals surface area contributed by atoms with Gasteiger partial charge in [-0.05, 0) is 36.1 Å². The summed E-state index contributed by atoms with van der Waals surface area (Å²) in [7, 11) is 0. The van der Waals surface area contributed by atoms with Crippen molar-refractivity contribution < 1.29 is 0 Å². The van der Waals surface area contributed by atoms with Crippen molar-refractivity contribution in [3.8, 4) is 0 Å². The maximum Gasteiger partial charge on any atom is 0.00901 e. The van der Waals surface area contributed by atoms with Crippen molar-refractivity contribution in [2.45, 2.75) is 19.8 Å². The van der Waals surface area contributed by atoms with Crippen LogP contribution in [0.3, 0.4) is 0 Å². The number of rotatable bonds is 1. The molecule has 0 saturated carbocycles. The van der Waals surface area contributed by atoms with Gasteiger partial charge in [0.05, 0.1) is 0 Å². The van der Waals surface area contributed by atoms with E-state index < -0.39 is 0 Å². The zero-order chi connectivity index (χ0) is 9.97. The lowest BCUT2D eigenvalue weighted by molar-refractivity contribution is 0.615. The predicted octanol–water partition coefficient (Wildman–Crippen LogP) is 3.44. The van der Waals surface area contributed by atoms with Crippen molar-refractivity contribution >= 4 is 0 Å². The highest BCUT2D eigenvalue weighted by atomic mass is 14.2. The fraction of sp³-hybridized carbons (Fsp3) is 0.286. The molecule has 0 heteroatoms. The first-order valence-corrected chi connectivity index (χ1v) is 5.01. The summed E-state index contributed by atoms with van der Waals surface area (Å²) in [5.41, 5.74) is 2.71. The highest BCUT2D eigenvalue weighted by molar-refractivity contribution is 5.34. The summed E-state index contributed by atoms with van der Waals surface area (Å²) in [5, 5.41) is 0. The van der Waals surface area contributed by atoms with Crippen molar-refractivity contribution in [1.29, 1.82) is 0 Å². The summed E-state index contributed by atoms with van der Waals surface area (Å²) >= 11 is 0. The zero-order valence-corrected chi connectivity index (χ0v) is 8.62. The summed E-state index contributed by atoms with van der Waals surface area (Å²) in [6.07, 6.45) is 9.66. The summed E-state index contributed by atoms with van der Waals surface area (Å²) in [4.78, 5) is 0. The lowest BCUT2D eigenvalue weighted by Crippen LogP contribution is -2.09. The Hall–Kier alpha value is -1.30. The van der Waals surface area contributed by atoms with Crippen LogP contribution in [0.2, 0.25) is 0 Å². The molecular formula is C14H14. The summed E-state index contributed by atoms with van der Waals surface area (Å²) in [6, 6.07) is 9.33. The molecule has 2 atom stereocenters. The number of hydrogen-bond donors (Lipinski definition) is 0. The van der Waals surface area contributed by atoms with E-state index in [9.17, 15) is 0 Å². The molecule has 1 aromatic carbocycles. The molecule has 0 bridgehead atoms. The molecule has 0 spiro atoms. The molecule has 0 fully saturated rings. The minimum absolute atomic E-state index is 0.467. The van der Waals surface area contributed by atoms with Crippen LogP contribution in [0.5, 0.6) is 0 Å². The Bertz CT molecular complexity index is 371. The third-order valence-electron chi connectivity index (χ3n) is 2.80. The van der Waals surface area contributed by atoms with E-state index in [-0.39, 0.29) is 0 Å². The van der Waals surface area contributed by atoms with Crippen molar-refractivity contribution in [2.24, 2.45) is 5.92 Å². The van der Waals surface area contributed by atoms with Crippen LogP contribution in [0.1, 0.15) is 24.0 Å². The van der Waals surface area contributed by atoms with Crippen molar-refractivity contribution in [3.63, 3.8) is 0 Å². The van der Waals surface area contributed by atoms with Gasteiger partial charge in [-0.2, -0.15) is 0 Å². The van der Waals surface area contributed by atoms with Gasteiger partial charge in [-0.3, -0.25) is 0 Å². The fourth-order valence-electron chi connectivity index (χ4n) is 1.91. The molecule has 2 unspecified atom stereocenters. The Labute approximate surface area is 86.0 Å². The Kier molecular flexibility index (Phi) is 2.53.